The Balaban J connectivity index is 1.87. The molecule has 0 atom stereocenters. The first kappa shape index (κ1) is 13.2. The van der Waals surface area contributed by atoms with Gasteiger partial charge in [0.15, 0.2) is 0 Å². The van der Waals surface area contributed by atoms with Gasteiger partial charge in [-0.15, -0.1) is 0 Å². The highest BCUT2D eigenvalue weighted by molar-refractivity contribution is 9.10. The van der Waals surface area contributed by atoms with Gasteiger partial charge < -0.3 is 10.0 Å². The van der Waals surface area contributed by atoms with Crippen LogP contribution in [0.5, 0.6) is 0 Å². The van der Waals surface area contributed by atoms with Crippen molar-refractivity contribution in [3.63, 3.8) is 0 Å². The highest BCUT2D eigenvalue weighted by Crippen LogP contribution is 2.48. The molecule has 6 heteroatoms. The molecule has 0 unspecified atom stereocenters. The average molecular weight is 336 g/mol. The Kier molecular flexibility index (Phi) is 2.87. The molecule has 2 fully saturated rings. The summed E-state index contributed by atoms with van der Waals surface area (Å²) in [4.78, 5) is 1.60. The van der Waals surface area contributed by atoms with Crippen molar-refractivity contribution in [2.45, 2.75) is 24.6 Å². The van der Waals surface area contributed by atoms with Crippen molar-refractivity contribution in [3.05, 3.63) is 28.2 Å². The first-order valence-corrected chi connectivity index (χ1v) is 6.93. The van der Waals surface area contributed by atoms with E-state index in [2.05, 4.69) is 15.9 Å². The van der Waals surface area contributed by atoms with E-state index >= 15 is 0 Å². The van der Waals surface area contributed by atoms with Crippen molar-refractivity contribution in [2.24, 2.45) is 5.92 Å². The number of alkyl halides is 3. The van der Waals surface area contributed by atoms with E-state index in [1.807, 2.05) is 0 Å². The van der Waals surface area contributed by atoms with Gasteiger partial charge in [-0.1, -0.05) is 15.9 Å². The second-order valence-corrected chi connectivity index (χ2v) is 6.31. The van der Waals surface area contributed by atoms with Crippen LogP contribution < -0.4 is 4.90 Å². The molecular formula is C13H13BrF3NO. The zero-order chi connectivity index (χ0) is 13.8. The van der Waals surface area contributed by atoms with Gasteiger partial charge in [-0.05, 0) is 37.0 Å². The third-order valence-corrected chi connectivity index (χ3v) is 4.37. The Morgan fingerprint density at radius 3 is 2.42 bits per heavy atom. The Hall–Kier alpha value is -0.750. The number of nitrogens with zero attached hydrogens (tertiary/aromatic N) is 1. The van der Waals surface area contributed by atoms with E-state index in [4.69, 9.17) is 0 Å². The molecule has 0 spiro atoms. The third kappa shape index (κ3) is 2.36. The SMILES string of the molecule is OC1(C2CC2)CN(c2cc(Br)ccc2C(F)(F)F)C1. The fourth-order valence-corrected chi connectivity index (χ4v) is 3.02. The highest BCUT2D eigenvalue weighted by Gasteiger charge is 2.53. The van der Waals surface area contributed by atoms with Gasteiger partial charge in [0.05, 0.1) is 11.3 Å². The molecule has 0 radical (unpaired) electrons. The maximum atomic E-state index is 13.0. The summed E-state index contributed by atoms with van der Waals surface area (Å²) < 4.78 is 39.5. The van der Waals surface area contributed by atoms with E-state index in [1.54, 1.807) is 4.90 Å². The average Bonchev–Trinajstić information content (AvgIpc) is 3.06. The summed E-state index contributed by atoms with van der Waals surface area (Å²) in [5, 5.41) is 10.2. The quantitative estimate of drug-likeness (QED) is 0.895. The minimum Gasteiger partial charge on any atom is -0.386 e. The number of hydrogen-bond donors (Lipinski definition) is 1. The lowest BCUT2D eigenvalue weighted by molar-refractivity contribution is -0.137. The van der Waals surface area contributed by atoms with Crippen molar-refractivity contribution in [2.75, 3.05) is 18.0 Å². The van der Waals surface area contributed by atoms with Crippen molar-refractivity contribution in [3.8, 4) is 0 Å². The monoisotopic (exact) mass is 335 g/mol. The maximum Gasteiger partial charge on any atom is 0.418 e. The topological polar surface area (TPSA) is 23.5 Å². The van der Waals surface area contributed by atoms with Crippen molar-refractivity contribution >= 4 is 21.6 Å². The third-order valence-electron chi connectivity index (χ3n) is 3.87. The van der Waals surface area contributed by atoms with Crippen molar-refractivity contribution in [1.29, 1.82) is 0 Å². The molecule has 0 aromatic heterocycles. The second-order valence-electron chi connectivity index (χ2n) is 5.39. The normalized spacial score (nSPS) is 22.3. The van der Waals surface area contributed by atoms with Gasteiger partial charge in [-0.25, -0.2) is 0 Å². The predicted molar refractivity (Wildman–Crippen MR) is 69.0 cm³/mol. The molecule has 0 bridgehead atoms. The second kappa shape index (κ2) is 4.12. The van der Waals surface area contributed by atoms with Crippen molar-refractivity contribution < 1.29 is 18.3 Å². The van der Waals surface area contributed by atoms with Crippen LogP contribution in [0.1, 0.15) is 18.4 Å². The van der Waals surface area contributed by atoms with Crippen LogP contribution in [0.3, 0.4) is 0 Å². The molecule has 2 aliphatic rings. The standard InChI is InChI=1S/C13H13BrF3NO/c14-9-3-4-10(13(15,16)17)11(5-9)18-6-12(19,7-18)8-1-2-8/h3-5,8,19H,1-2,6-7H2. The largest absolute Gasteiger partial charge is 0.418 e. The first-order valence-electron chi connectivity index (χ1n) is 6.14. The lowest BCUT2D eigenvalue weighted by atomic mass is 9.87. The summed E-state index contributed by atoms with van der Waals surface area (Å²) in [7, 11) is 0. The Labute approximate surface area is 117 Å². The Morgan fingerprint density at radius 1 is 1.26 bits per heavy atom. The van der Waals surface area contributed by atoms with Gasteiger partial charge >= 0.3 is 6.18 Å². The molecule has 1 aromatic carbocycles. The van der Waals surface area contributed by atoms with Gasteiger partial charge in [-0.3, -0.25) is 0 Å². The Bertz CT molecular complexity index is 507. The summed E-state index contributed by atoms with van der Waals surface area (Å²) in [5.41, 5.74) is -1.29. The number of hydrogen-bond acceptors (Lipinski definition) is 2. The lowest BCUT2D eigenvalue weighted by Gasteiger charge is -2.49. The molecule has 1 aromatic rings. The molecular weight excluding hydrogens is 323 g/mol. The number of β-amino-alcohol motifs (C(OH)–C–C–N with tert-alkyl or cyclic N) is 1. The van der Waals surface area contributed by atoms with E-state index in [9.17, 15) is 18.3 Å². The molecule has 3 rings (SSSR count). The molecule has 104 valence electrons. The van der Waals surface area contributed by atoms with Crippen LogP contribution in [0.2, 0.25) is 0 Å². The van der Waals surface area contributed by atoms with E-state index in [0.29, 0.717) is 4.47 Å². The van der Waals surface area contributed by atoms with Gasteiger partial charge in [0.25, 0.3) is 0 Å². The number of halogens is 4. The van der Waals surface area contributed by atoms with E-state index in [0.717, 1.165) is 18.9 Å². The molecule has 1 aliphatic carbocycles. The van der Waals surface area contributed by atoms with Crippen LogP contribution >= 0.6 is 15.9 Å². The first-order chi connectivity index (χ1) is 8.79. The van der Waals surface area contributed by atoms with Crippen LogP contribution in [-0.4, -0.2) is 23.8 Å². The molecule has 2 nitrogen and oxygen atoms in total. The number of benzene rings is 1. The summed E-state index contributed by atoms with van der Waals surface area (Å²) in [6.07, 6.45) is -2.41. The number of aliphatic hydroxyl groups is 1. The number of anilines is 1. The maximum absolute atomic E-state index is 13.0. The zero-order valence-corrected chi connectivity index (χ0v) is 11.6. The van der Waals surface area contributed by atoms with Gasteiger partial charge in [0.1, 0.15) is 5.60 Å². The molecule has 1 saturated carbocycles. The highest BCUT2D eigenvalue weighted by atomic mass is 79.9. The van der Waals surface area contributed by atoms with Crippen LogP contribution in [0, 0.1) is 5.92 Å². The Morgan fingerprint density at radius 2 is 1.89 bits per heavy atom. The smallest absolute Gasteiger partial charge is 0.386 e. The van der Waals surface area contributed by atoms with E-state index < -0.39 is 17.3 Å². The van der Waals surface area contributed by atoms with E-state index in [1.165, 1.54) is 12.1 Å². The van der Waals surface area contributed by atoms with Crippen LogP contribution in [0.15, 0.2) is 22.7 Å². The number of rotatable bonds is 2. The molecule has 1 aliphatic heterocycles. The summed E-state index contributed by atoms with van der Waals surface area (Å²) in [5.74, 6) is 0.269. The van der Waals surface area contributed by atoms with Crippen LogP contribution in [0.25, 0.3) is 0 Å². The molecule has 1 saturated heterocycles. The van der Waals surface area contributed by atoms with Crippen LogP contribution in [-0.2, 0) is 6.18 Å². The van der Waals surface area contributed by atoms with Crippen LogP contribution in [0.4, 0.5) is 18.9 Å². The molecule has 1 N–H and O–H groups in total. The lowest BCUT2D eigenvalue weighted by Crippen LogP contribution is -2.63. The fourth-order valence-electron chi connectivity index (χ4n) is 2.67. The van der Waals surface area contributed by atoms with Crippen molar-refractivity contribution in [1.82, 2.24) is 0 Å². The minimum absolute atomic E-state index is 0.146. The van der Waals surface area contributed by atoms with Gasteiger partial charge in [0, 0.05) is 17.6 Å². The molecule has 1 heterocycles. The summed E-state index contributed by atoms with van der Waals surface area (Å²) >= 11 is 3.20. The van der Waals surface area contributed by atoms with Gasteiger partial charge in [-0.2, -0.15) is 13.2 Å². The van der Waals surface area contributed by atoms with E-state index in [-0.39, 0.29) is 24.7 Å². The summed E-state index contributed by atoms with van der Waals surface area (Å²) in [6.45, 7) is 0.578. The fraction of sp³-hybridized carbons (Fsp3) is 0.538. The molecule has 0 amide bonds. The molecule has 19 heavy (non-hydrogen) atoms. The predicted octanol–water partition coefficient (Wildman–Crippen LogP) is 3.43. The zero-order valence-electron chi connectivity index (χ0n) is 10.0. The minimum atomic E-state index is -4.37. The summed E-state index contributed by atoms with van der Waals surface area (Å²) in [6, 6.07) is 3.93. The van der Waals surface area contributed by atoms with Gasteiger partial charge in [0.2, 0.25) is 0 Å².